The molecule has 0 unspecified atom stereocenters. The highest BCUT2D eigenvalue weighted by Crippen LogP contribution is 2.32. The molecule has 2 aromatic rings. The second-order valence-corrected chi connectivity index (χ2v) is 8.53. The zero-order valence-corrected chi connectivity index (χ0v) is 18.9. The van der Waals surface area contributed by atoms with Crippen LogP contribution in [0.15, 0.2) is 48.5 Å². The van der Waals surface area contributed by atoms with Gasteiger partial charge in [0.15, 0.2) is 0 Å². The number of nitrogens with one attached hydrogen (secondary N) is 2. The predicted molar refractivity (Wildman–Crippen MR) is 123 cm³/mol. The van der Waals surface area contributed by atoms with Crippen molar-refractivity contribution in [2.24, 2.45) is 0 Å². The molecule has 1 saturated heterocycles. The minimum atomic E-state index is -0.331. The molecule has 2 heterocycles. The molecule has 0 spiro atoms. The van der Waals surface area contributed by atoms with Gasteiger partial charge in [-0.2, -0.15) is 0 Å². The molecule has 8 heteroatoms. The molecule has 0 aliphatic carbocycles. The SMILES string of the molecule is CC(=O)Nc1ccc2c(c1)C(=O)N(C)[C@H]1CC[C@@H](CC(=O)NCc3ccccc3)O[C@H]1CO2. The van der Waals surface area contributed by atoms with E-state index in [9.17, 15) is 14.4 Å². The quantitative estimate of drug-likeness (QED) is 0.729. The molecule has 4 rings (SSSR count). The highest BCUT2D eigenvalue weighted by atomic mass is 16.5. The van der Waals surface area contributed by atoms with Crippen molar-refractivity contribution in [1.29, 1.82) is 0 Å². The van der Waals surface area contributed by atoms with Gasteiger partial charge >= 0.3 is 0 Å². The van der Waals surface area contributed by atoms with Crippen molar-refractivity contribution in [3.05, 3.63) is 59.7 Å². The third-order valence-electron chi connectivity index (χ3n) is 6.08. The van der Waals surface area contributed by atoms with Crippen LogP contribution in [0.25, 0.3) is 0 Å². The first-order chi connectivity index (χ1) is 15.9. The van der Waals surface area contributed by atoms with Crippen molar-refractivity contribution in [1.82, 2.24) is 10.2 Å². The van der Waals surface area contributed by atoms with Gasteiger partial charge in [0.1, 0.15) is 18.5 Å². The Labute approximate surface area is 193 Å². The summed E-state index contributed by atoms with van der Waals surface area (Å²) >= 11 is 0. The Bertz CT molecular complexity index is 1030. The number of fused-ring (bicyclic) bond motifs is 2. The molecule has 3 amide bonds. The van der Waals surface area contributed by atoms with Gasteiger partial charge in [-0.15, -0.1) is 0 Å². The molecule has 8 nitrogen and oxygen atoms in total. The van der Waals surface area contributed by atoms with Crippen molar-refractivity contribution in [2.45, 2.75) is 51.0 Å². The van der Waals surface area contributed by atoms with E-state index in [2.05, 4.69) is 10.6 Å². The highest BCUT2D eigenvalue weighted by Gasteiger charge is 2.39. The van der Waals surface area contributed by atoms with Gasteiger partial charge < -0.3 is 25.0 Å². The third-order valence-corrected chi connectivity index (χ3v) is 6.08. The molecule has 1 fully saturated rings. The summed E-state index contributed by atoms with van der Waals surface area (Å²) in [5, 5.41) is 5.64. The Morgan fingerprint density at radius 2 is 1.91 bits per heavy atom. The zero-order chi connectivity index (χ0) is 23.4. The smallest absolute Gasteiger partial charge is 0.257 e. The molecule has 174 valence electrons. The Morgan fingerprint density at radius 1 is 1.12 bits per heavy atom. The van der Waals surface area contributed by atoms with Gasteiger partial charge in [0.25, 0.3) is 5.91 Å². The topological polar surface area (TPSA) is 97.0 Å². The number of rotatable bonds is 5. The lowest BCUT2D eigenvalue weighted by Crippen LogP contribution is -2.53. The van der Waals surface area contributed by atoms with Crippen molar-refractivity contribution in [2.75, 3.05) is 19.0 Å². The Kier molecular flexibility index (Phi) is 6.93. The summed E-state index contributed by atoms with van der Waals surface area (Å²) < 4.78 is 12.2. The van der Waals surface area contributed by atoms with Gasteiger partial charge in [0.2, 0.25) is 11.8 Å². The number of benzene rings is 2. The molecule has 0 radical (unpaired) electrons. The average Bonchev–Trinajstić information content (AvgIpc) is 2.81. The number of ether oxygens (including phenoxy) is 2. The van der Waals surface area contributed by atoms with Crippen molar-refractivity contribution in [3.63, 3.8) is 0 Å². The van der Waals surface area contributed by atoms with E-state index in [0.717, 1.165) is 5.56 Å². The minimum absolute atomic E-state index is 0.0608. The van der Waals surface area contributed by atoms with Gasteiger partial charge in [0.05, 0.1) is 24.1 Å². The summed E-state index contributed by atoms with van der Waals surface area (Å²) in [6.45, 7) is 2.18. The number of carbonyl (C=O) groups is 3. The number of amides is 3. The second kappa shape index (κ2) is 10.0. The van der Waals surface area contributed by atoms with E-state index in [-0.39, 0.29) is 49.0 Å². The van der Waals surface area contributed by atoms with Crippen molar-refractivity contribution >= 4 is 23.4 Å². The van der Waals surface area contributed by atoms with E-state index in [0.29, 0.717) is 36.4 Å². The Hall–Kier alpha value is -3.39. The number of nitrogens with zero attached hydrogens (tertiary/aromatic N) is 1. The molecular formula is C25H29N3O5. The predicted octanol–water partition coefficient (Wildman–Crippen LogP) is 2.73. The lowest BCUT2D eigenvalue weighted by atomic mass is 9.94. The molecule has 2 aliphatic heterocycles. The number of anilines is 1. The average molecular weight is 452 g/mol. The summed E-state index contributed by atoms with van der Waals surface area (Å²) in [6.07, 6.45) is 1.10. The van der Waals surface area contributed by atoms with Crippen LogP contribution in [0.1, 0.15) is 42.1 Å². The molecule has 2 aromatic carbocycles. The number of hydrogen-bond acceptors (Lipinski definition) is 5. The third kappa shape index (κ3) is 5.51. The van der Waals surface area contributed by atoms with Crippen LogP contribution in [0.2, 0.25) is 0 Å². The van der Waals surface area contributed by atoms with Crippen LogP contribution in [0.3, 0.4) is 0 Å². The Morgan fingerprint density at radius 3 is 2.67 bits per heavy atom. The van der Waals surface area contributed by atoms with Crippen LogP contribution in [0.4, 0.5) is 5.69 Å². The van der Waals surface area contributed by atoms with Crippen LogP contribution in [-0.2, 0) is 20.9 Å². The van der Waals surface area contributed by atoms with Crippen LogP contribution >= 0.6 is 0 Å². The largest absolute Gasteiger partial charge is 0.490 e. The molecule has 0 bridgehead atoms. The van der Waals surface area contributed by atoms with E-state index in [1.165, 1.54) is 6.92 Å². The number of likely N-dealkylation sites (N-methyl/N-ethyl adjacent to an activating group) is 1. The lowest BCUT2D eigenvalue weighted by Gasteiger charge is -2.42. The summed E-state index contributed by atoms with van der Waals surface area (Å²) in [6, 6.07) is 14.6. The molecule has 2 N–H and O–H groups in total. The van der Waals surface area contributed by atoms with E-state index in [4.69, 9.17) is 9.47 Å². The van der Waals surface area contributed by atoms with E-state index in [1.807, 2.05) is 30.3 Å². The van der Waals surface area contributed by atoms with Crippen LogP contribution in [-0.4, -0.2) is 54.5 Å². The first-order valence-electron chi connectivity index (χ1n) is 11.2. The minimum Gasteiger partial charge on any atom is -0.490 e. The molecule has 3 atom stereocenters. The molecule has 0 aromatic heterocycles. The molecule has 0 saturated carbocycles. The summed E-state index contributed by atoms with van der Waals surface area (Å²) in [5.41, 5.74) is 2.00. The van der Waals surface area contributed by atoms with Crippen molar-refractivity contribution in [3.8, 4) is 5.75 Å². The van der Waals surface area contributed by atoms with Gasteiger partial charge in [0, 0.05) is 26.2 Å². The second-order valence-electron chi connectivity index (χ2n) is 8.53. The molecule has 33 heavy (non-hydrogen) atoms. The Balaban J connectivity index is 1.39. The number of carbonyl (C=O) groups excluding carboxylic acids is 3. The first-order valence-corrected chi connectivity index (χ1v) is 11.2. The van der Waals surface area contributed by atoms with Gasteiger partial charge in [-0.1, -0.05) is 30.3 Å². The van der Waals surface area contributed by atoms with E-state index < -0.39 is 0 Å². The standard InChI is InChI=1S/C25H29N3O5/c1-16(29)27-18-8-11-22-20(12-18)25(31)28(2)21-10-9-19(33-23(21)15-32-22)13-24(30)26-14-17-6-4-3-5-7-17/h3-8,11-12,19,21,23H,9-10,13-15H2,1-2H3,(H,26,30)(H,27,29)/t19-,21-,23-/m0/s1. The van der Waals surface area contributed by atoms with Crippen LogP contribution in [0.5, 0.6) is 5.75 Å². The normalized spacial score (nSPS) is 22.2. The van der Waals surface area contributed by atoms with Gasteiger partial charge in [-0.25, -0.2) is 0 Å². The van der Waals surface area contributed by atoms with E-state index in [1.54, 1.807) is 30.1 Å². The fraction of sp³-hybridized carbons (Fsp3) is 0.400. The summed E-state index contributed by atoms with van der Waals surface area (Å²) in [4.78, 5) is 38.7. The molecule has 2 aliphatic rings. The van der Waals surface area contributed by atoms with Crippen LogP contribution in [0, 0.1) is 0 Å². The van der Waals surface area contributed by atoms with Crippen LogP contribution < -0.4 is 15.4 Å². The monoisotopic (exact) mass is 451 g/mol. The van der Waals surface area contributed by atoms with Gasteiger partial charge in [-0.05, 0) is 36.6 Å². The highest BCUT2D eigenvalue weighted by molar-refractivity contribution is 5.99. The zero-order valence-electron chi connectivity index (χ0n) is 18.9. The molecular weight excluding hydrogens is 422 g/mol. The summed E-state index contributed by atoms with van der Waals surface area (Å²) in [5.74, 6) is -0.00302. The maximum Gasteiger partial charge on any atom is 0.257 e. The first kappa shape index (κ1) is 22.8. The maximum atomic E-state index is 13.2. The van der Waals surface area contributed by atoms with E-state index >= 15 is 0 Å². The lowest BCUT2D eigenvalue weighted by molar-refractivity contribution is -0.134. The number of hydrogen-bond donors (Lipinski definition) is 2. The van der Waals surface area contributed by atoms with Gasteiger partial charge in [-0.3, -0.25) is 14.4 Å². The maximum absolute atomic E-state index is 13.2. The fourth-order valence-electron chi connectivity index (χ4n) is 4.38. The van der Waals surface area contributed by atoms with Crippen molar-refractivity contribution < 1.29 is 23.9 Å². The fourth-order valence-corrected chi connectivity index (χ4v) is 4.38. The summed E-state index contributed by atoms with van der Waals surface area (Å²) in [7, 11) is 1.76.